The quantitative estimate of drug-likeness (QED) is 0.339. The molecule has 4 atom stereocenters. The number of fused-ring (bicyclic) bond motifs is 1. The zero-order chi connectivity index (χ0) is 29.6. The van der Waals surface area contributed by atoms with Crippen LogP contribution in [0, 0.1) is 11.3 Å². The minimum absolute atomic E-state index is 0.255. The van der Waals surface area contributed by atoms with Crippen LogP contribution >= 0.6 is 0 Å². The molecule has 0 aromatic heterocycles. The van der Waals surface area contributed by atoms with Gasteiger partial charge in [-0.25, -0.2) is 0 Å². The van der Waals surface area contributed by atoms with Gasteiger partial charge in [-0.3, -0.25) is 24.0 Å². The van der Waals surface area contributed by atoms with E-state index in [0.29, 0.717) is 12.0 Å². The summed E-state index contributed by atoms with van der Waals surface area (Å²) in [6.07, 6.45) is 1.52. The summed E-state index contributed by atoms with van der Waals surface area (Å²) in [7, 11) is 0. The smallest absolute Gasteiger partial charge is 0.290 e. The lowest BCUT2D eigenvalue weighted by Gasteiger charge is -2.31. The van der Waals surface area contributed by atoms with Gasteiger partial charge < -0.3 is 21.3 Å². The van der Waals surface area contributed by atoms with Crippen LogP contribution in [0.1, 0.15) is 75.5 Å². The summed E-state index contributed by atoms with van der Waals surface area (Å²) in [4.78, 5) is 64.9. The van der Waals surface area contributed by atoms with Gasteiger partial charge in [0.15, 0.2) is 0 Å². The molecule has 0 heterocycles. The number of amides is 4. The minimum Gasteiger partial charge on any atom is -0.344 e. The number of benzene rings is 2. The summed E-state index contributed by atoms with van der Waals surface area (Å²) in [5.41, 5.74) is 1.90. The van der Waals surface area contributed by atoms with E-state index in [-0.39, 0.29) is 12.0 Å². The Morgan fingerprint density at radius 2 is 1.43 bits per heavy atom. The molecule has 4 amide bonds. The zero-order valence-electron chi connectivity index (χ0n) is 24.0. The van der Waals surface area contributed by atoms with Crippen LogP contribution in [0.3, 0.4) is 0 Å². The van der Waals surface area contributed by atoms with E-state index in [1.165, 1.54) is 6.92 Å². The summed E-state index contributed by atoms with van der Waals surface area (Å²) in [5.74, 6) is -3.42. The van der Waals surface area contributed by atoms with E-state index >= 15 is 0 Å². The lowest BCUT2D eigenvalue weighted by Crippen LogP contribution is -2.59. The Hall–Kier alpha value is -4.01. The van der Waals surface area contributed by atoms with E-state index in [2.05, 4.69) is 21.3 Å². The minimum atomic E-state index is -1.07. The van der Waals surface area contributed by atoms with Crippen molar-refractivity contribution < 1.29 is 24.0 Å². The third-order valence-corrected chi connectivity index (χ3v) is 7.10. The van der Waals surface area contributed by atoms with Crippen molar-refractivity contribution in [1.29, 1.82) is 0 Å². The van der Waals surface area contributed by atoms with Crippen LogP contribution in [-0.4, -0.2) is 47.5 Å². The molecule has 9 heteroatoms. The molecule has 0 saturated carbocycles. The molecular formula is C31H40N4O5. The molecule has 3 rings (SSSR count). The molecule has 0 bridgehead atoms. The number of rotatable bonds is 10. The molecule has 0 spiro atoms. The molecular weight excluding hydrogens is 508 g/mol. The zero-order valence-corrected chi connectivity index (χ0v) is 24.0. The summed E-state index contributed by atoms with van der Waals surface area (Å²) < 4.78 is 0. The van der Waals surface area contributed by atoms with E-state index in [4.69, 9.17) is 0 Å². The lowest BCUT2D eigenvalue weighted by molar-refractivity contribution is -0.141. The summed E-state index contributed by atoms with van der Waals surface area (Å²) in [6.45, 7) is 10.4. The Labute approximate surface area is 235 Å². The highest BCUT2D eigenvalue weighted by Crippen LogP contribution is 2.30. The second kappa shape index (κ2) is 12.9. The number of hydrogen-bond acceptors (Lipinski definition) is 5. The fraction of sp³-hybridized carbons (Fsp3) is 0.452. The first-order valence-electron chi connectivity index (χ1n) is 13.7. The van der Waals surface area contributed by atoms with Crippen molar-refractivity contribution in [2.75, 3.05) is 0 Å². The van der Waals surface area contributed by atoms with Crippen LogP contribution < -0.4 is 21.3 Å². The number of ketones is 1. The van der Waals surface area contributed by atoms with Gasteiger partial charge in [0.25, 0.3) is 11.8 Å². The molecule has 0 saturated heterocycles. The topological polar surface area (TPSA) is 133 Å². The van der Waals surface area contributed by atoms with E-state index in [1.54, 1.807) is 44.2 Å². The first-order chi connectivity index (χ1) is 18.8. The highest BCUT2D eigenvalue weighted by Gasteiger charge is 2.36. The Bertz CT molecular complexity index is 1250. The van der Waals surface area contributed by atoms with Gasteiger partial charge in [0.05, 0.1) is 12.1 Å². The second-order valence-corrected chi connectivity index (χ2v) is 11.7. The van der Waals surface area contributed by atoms with Crippen LogP contribution in [0.2, 0.25) is 0 Å². The molecule has 2 aromatic carbocycles. The largest absolute Gasteiger partial charge is 0.344 e. The molecule has 0 fully saturated rings. The third kappa shape index (κ3) is 7.55. The first kappa shape index (κ1) is 30.5. The van der Waals surface area contributed by atoms with Crippen molar-refractivity contribution in [2.24, 2.45) is 11.3 Å². The molecule has 40 heavy (non-hydrogen) atoms. The monoisotopic (exact) mass is 548 g/mol. The number of carbonyl (C=O) groups excluding carboxylic acids is 5. The van der Waals surface area contributed by atoms with Crippen molar-refractivity contribution in [3.8, 4) is 0 Å². The molecule has 1 aliphatic rings. The molecule has 0 radical (unpaired) electrons. The van der Waals surface area contributed by atoms with Crippen LogP contribution in [0.15, 0.2) is 54.6 Å². The van der Waals surface area contributed by atoms with E-state index < -0.39 is 53.0 Å². The van der Waals surface area contributed by atoms with Crippen molar-refractivity contribution in [3.63, 3.8) is 0 Å². The van der Waals surface area contributed by atoms with Crippen LogP contribution in [0.5, 0.6) is 0 Å². The molecule has 4 N–H and O–H groups in total. The third-order valence-electron chi connectivity index (χ3n) is 7.10. The molecule has 214 valence electrons. The Morgan fingerprint density at radius 3 is 2.05 bits per heavy atom. The van der Waals surface area contributed by atoms with E-state index in [9.17, 15) is 24.0 Å². The summed E-state index contributed by atoms with van der Waals surface area (Å²) >= 11 is 0. The molecule has 9 nitrogen and oxygen atoms in total. The molecule has 0 unspecified atom stereocenters. The van der Waals surface area contributed by atoms with Gasteiger partial charge in [0.2, 0.25) is 17.6 Å². The maximum atomic E-state index is 13.2. The second-order valence-electron chi connectivity index (χ2n) is 11.7. The predicted octanol–water partition coefficient (Wildman–Crippen LogP) is 2.85. The lowest BCUT2D eigenvalue weighted by atomic mass is 9.85. The van der Waals surface area contributed by atoms with Gasteiger partial charge >= 0.3 is 0 Å². The van der Waals surface area contributed by atoms with Gasteiger partial charge in [-0.15, -0.1) is 0 Å². The number of carbonyl (C=O) groups is 5. The van der Waals surface area contributed by atoms with Crippen molar-refractivity contribution >= 4 is 29.4 Å². The molecule has 1 aliphatic carbocycles. The van der Waals surface area contributed by atoms with Gasteiger partial charge in [0.1, 0.15) is 12.1 Å². The number of Topliss-reactive ketones (excluding diaryl/α,β-unsaturated/α-hetero) is 1. The van der Waals surface area contributed by atoms with E-state index in [1.807, 2.05) is 45.0 Å². The fourth-order valence-electron chi connectivity index (χ4n) is 4.73. The van der Waals surface area contributed by atoms with Gasteiger partial charge in [0, 0.05) is 5.56 Å². The average molecular weight is 549 g/mol. The summed E-state index contributed by atoms with van der Waals surface area (Å²) in [6, 6.07) is 13.1. The highest BCUT2D eigenvalue weighted by atomic mass is 16.2. The Morgan fingerprint density at radius 1 is 0.800 bits per heavy atom. The fourth-order valence-corrected chi connectivity index (χ4v) is 4.73. The number of nitrogens with one attached hydrogen (secondary N) is 4. The number of hydrogen-bond donors (Lipinski definition) is 4. The highest BCUT2D eigenvalue weighted by molar-refractivity contribution is 6.38. The van der Waals surface area contributed by atoms with Gasteiger partial charge in [-0.05, 0) is 54.4 Å². The molecule has 0 aliphatic heterocycles. The van der Waals surface area contributed by atoms with Gasteiger partial charge in [-0.1, -0.05) is 77.1 Å². The molecule has 2 aromatic rings. The average Bonchev–Trinajstić information content (AvgIpc) is 3.31. The van der Waals surface area contributed by atoms with Crippen molar-refractivity contribution in [1.82, 2.24) is 21.3 Å². The normalized spacial score (nSPS) is 16.7. The van der Waals surface area contributed by atoms with Crippen LogP contribution in [0.4, 0.5) is 0 Å². The number of aryl methyl sites for hydroxylation is 1. The van der Waals surface area contributed by atoms with Crippen LogP contribution in [0.25, 0.3) is 0 Å². The van der Waals surface area contributed by atoms with Crippen molar-refractivity contribution in [2.45, 2.75) is 78.6 Å². The van der Waals surface area contributed by atoms with Crippen LogP contribution in [-0.2, 0) is 25.6 Å². The maximum absolute atomic E-state index is 13.2. The van der Waals surface area contributed by atoms with Gasteiger partial charge in [-0.2, -0.15) is 0 Å². The van der Waals surface area contributed by atoms with Crippen molar-refractivity contribution in [3.05, 3.63) is 71.3 Å². The Balaban J connectivity index is 1.62. The Kier molecular flexibility index (Phi) is 9.84. The van der Waals surface area contributed by atoms with E-state index in [0.717, 1.165) is 17.5 Å². The standard InChI is InChI=1S/C31H40N4O5/c1-18(2)24(25(36)29(39)33-23-17-16-20-12-10-11-15-22(20)23)34-27(37)19(3)32-30(40)26(31(4,5)6)35-28(38)21-13-8-7-9-14-21/h7-15,18-19,23-24,26H,16-17H2,1-6H3,(H,32,40)(H,33,39)(H,34,37)(H,35,38)/t19-,23+,24-,26+/m0/s1. The predicted molar refractivity (Wildman–Crippen MR) is 152 cm³/mol. The summed E-state index contributed by atoms with van der Waals surface area (Å²) in [5, 5.41) is 10.9. The SMILES string of the molecule is CC(C)[C@H](NC(=O)[C@H](C)NC(=O)[C@@H](NC(=O)c1ccccc1)C(C)(C)C)C(=O)C(=O)N[C@@H]1CCc2ccccc21. The maximum Gasteiger partial charge on any atom is 0.290 e. The first-order valence-corrected chi connectivity index (χ1v) is 13.7.